The highest BCUT2D eigenvalue weighted by atomic mass is 16.5. The molecular formula is C19H31NO. The minimum absolute atomic E-state index is 0.757. The summed E-state index contributed by atoms with van der Waals surface area (Å²) in [7, 11) is 0. The van der Waals surface area contributed by atoms with Crippen molar-refractivity contribution < 1.29 is 4.74 Å². The van der Waals surface area contributed by atoms with E-state index in [1.807, 2.05) is 30.3 Å². The zero-order valence-corrected chi connectivity index (χ0v) is 13.5. The van der Waals surface area contributed by atoms with E-state index in [1.165, 1.54) is 57.9 Å². The standard InChI is InChI=1S/C19H31NO/c1-2-14-20-18-11-7-6-9-17(16-18)10-8-15-21-19-12-4-3-5-13-19/h3-5,12-13,17-18,20H,2,6-11,14-16H2,1H3. The minimum Gasteiger partial charge on any atom is -0.494 e. The van der Waals surface area contributed by atoms with Gasteiger partial charge in [-0.2, -0.15) is 0 Å². The van der Waals surface area contributed by atoms with Crippen LogP contribution in [0, 0.1) is 5.92 Å². The van der Waals surface area contributed by atoms with Gasteiger partial charge in [-0.25, -0.2) is 0 Å². The fourth-order valence-electron chi connectivity index (χ4n) is 3.34. The molecule has 21 heavy (non-hydrogen) atoms. The lowest BCUT2D eigenvalue weighted by atomic mass is 9.93. The van der Waals surface area contributed by atoms with E-state index in [0.29, 0.717) is 0 Å². The van der Waals surface area contributed by atoms with Gasteiger partial charge in [-0.3, -0.25) is 0 Å². The minimum atomic E-state index is 0.757. The highest BCUT2D eigenvalue weighted by Gasteiger charge is 2.19. The van der Waals surface area contributed by atoms with Gasteiger partial charge in [0.2, 0.25) is 0 Å². The SMILES string of the molecule is CCCNC1CCCCC(CCCOc2ccccc2)C1. The van der Waals surface area contributed by atoms with Crippen LogP contribution in [0.2, 0.25) is 0 Å². The second-order valence-electron chi connectivity index (χ2n) is 6.34. The summed E-state index contributed by atoms with van der Waals surface area (Å²) in [5.41, 5.74) is 0. The number of ether oxygens (including phenoxy) is 1. The first-order chi connectivity index (χ1) is 10.4. The van der Waals surface area contributed by atoms with Crippen molar-refractivity contribution in [3.63, 3.8) is 0 Å². The van der Waals surface area contributed by atoms with Crippen molar-refractivity contribution in [3.8, 4) is 5.75 Å². The number of benzene rings is 1. The molecule has 1 saturated carbocycles. The predicted molar refractivity (Wildman–Crippen MR) is 89.8 cm³/mol. The van der Waals surface area contributed by atoms with Crippen LogP contribution in [0.4, 0.5) is 0 Å². The van der Waals surface area contributed by atoms with E-state index in [2.05, 4.69) is 12.2 Å². The van der Waals surface area contributed by atoms with Gasteiger partial charge in [0, 0.05) is 6.04 Å². The van der Waals surface area contributed by atoms with Crippen LogP contribution >= 0.6 is 0 Å². The predicted octanol–water partition coefficient (Wildman–Crippen LogP) is 4.79. The summed E-state index contributed by atoms with van der Waals surface area (Å²) in [5.74, 6) is 1.89. The molecule has 2 atom stereocenters. The van der Waals surface area contributed by atoms with Gasteiger partial charge in [0.15, 0.2) is 0 Å². The zero-order valence-electron chi connectivity index (χ0n) is 13.5. The van der Waals surface area contributed by atoms with E-state index in [-0.39, 0.29) is 0 Å². The Morgan fingerprint density at radius 2 is 1.95 bits per heavy atom. The Bertz CT molecular complexity index is 365. The van der Waals surface area contributed by atoms with Gasteiger partial charge >= 0.3 is 0 Å². The second kappa shape index (κ2) is 9.83. The summed E-state index contributed by atoms with van der Waals surface area (Å²) in [5, 5.41) is 3.73. The van der Waals surface area contributed by atoms with Crippen LogP contribution in [0.1, 0.15) is 58.3 Å². The molecule has 2 heteroatoms. The van der Waals surface area contributed by atoms with E-state index in [9.17, 15) is 0 Å². The molecule has 1 fully saturated rings. The Hall–Kier alpha value is -1.02. The van der Waals surface area contributed by atoms with Gasteiger partial charge in [0.25, 0.3) is 0 Å². The molecule has 0 saturated heterocycles. The molecule has 0 heterocycles. The molecule has 1 N–H and O–H groups in total. The van der Waals surface area contributed by atoms with Crippen molar-refractivity contribution in [2.75, 3.05) is 13.2 Å². The smallest absolute Gasteiger partial charge is 0.119 e. The van der Waals surface area contributed by atoms with E-state index >= 15 is 0 Å². The summed E-state index contributed by atoms with van der Waals surface area (Å²) >= 11 is 0. The number of nitrogens with one attached hydrogen (secondary N) is 1. The molecule has 0 radical (unpaired) electrons. The van der Waals surface area contributed by atoms with E-state index < -0.39 is 0 Å². The third-order valence-corrected chi connectivity index (χ3v) is 4.48. The quantitative estimate of drug-likeness (QED) is 0.548. The highest BCUT2D eigenvalue weighted by Crippen LogP contribution is 2.27. The van der Waals surface area contributed by atoms with Crippen LogP contribution in [0.25, 0.3) is 0 Å². The fourth-order valence-corrected chi connectivity index (χ4v) is 3.34. The van der Waals surface area contributed by atoms with Crippen LogP contribution < -0.4 is 10.1 Å². The lowest BCUT2D eigenvalue weighted by Crippen LogP contribution is -2.30. The van der Waals surface area contributed by atoms with Crippen molar-refractivity contribution in [2.45, 2.75) is 64.3 Å². The van der Waals surface area contributed by atoms with Crippen LogP contribution in [-0.2, 0) is 0 Å². The van der Waals surface area contributed by atoms with Crippen molar-refractivity contribution in [1.82, 2.24) is 5.32 Å². The number of hydrogen-bond donors (Lipinski definition) is 1. The third-order valence-electron chi connectivity index (χ3n) is 4.48. The first-order valence-electron chi connectivity index (χ1n) is 8.79. The van der Waals surface area contributed by atoms with E-state index in [4.69, 9.17) is 4.74 Å². The van der Waals surface area contributed by atoms with Gasteiger partial charge in [-0.05, 0) is 56.7 Å². The van der Waals surface area contributed by atoms with E-state index in [1.54, 1.807) is 0 Å². The van der Waals surface area contributed by atoms with Crippen molar-refractivity contribution in [1.29, 1.82) is 0 Å². The van der Waals surface area contributed by atoms with Crippen LogP contribution in [0.3, 0.4) is 0 Å². The maximum atomic E-state index is 5.80. The van der Waals surface area contributed by atoms with Gasteiger partial charge in [-0.1, -0.05) is 44.4 Å². The Balaban J connectivity index is 1.64. The molecule has 1 aromatic carbocycles. The fraction of sp³-hybridized carbons (Fsp3) is 0.684. The second-order valence-corrected chi connectivity index (χ2v) is 6.34. The van der Waals surface area contributed by atoms with Gasteiger partial charge < -0.3 is 10.1 Å². The topological polar surface area (TPSA) is 21.3 Å². The maximum absolute atomic E-state index is 5.80. The van der Waals surface area contributed by atoms with Crippen molar-refractivity contribution in [2.24, 2.45) is 5.92 Å². The number of para-hydroxylation sites is 1. The summed E-state index contributed by atoms with van der Waals surface area (Å²) in [6.45, 7) is 4.28. The molecule has 2 rings (SSSR count). The summed E-state index contributed by atoms with van der Waals surface area (Å²) in [6, 6.07) is 10.9. The molecule has 0 bridgehead atoms. The van der Waals surface area contributed by atoms with Crippen molar-refractivity contribution in [3.05, 3.63) is 30.3 Å². The first kappa shape index (κ1) is 16.4. The van der Waals surface area contributed by atoms with E-state index in [0.717, 1.165) is 24.3 Å². The average molecular weight is 289 g/mol. The molecule has 2 unspecified atom stereocenters. The van der Waals surface area contributed by atoms with Gasteiger partial charge in [0.05, 0.1) is 6.61 Å². The molecule has 0 aliphatic heterocycles. The normalized spacial score (nSPS) is 22.7. The summed E-state index contributed by atoms with van der Waals surface area (Å²) in [6.07, 6.45) is 10.7. The van der Waals surface area contributed by atoms with Crippen LogP contribution in [0.15, 0.2) is 30.3 Å². The molecule has 0 amide bonds. The zero-order chi connectivity index (χ0) is 14.8. The van der Waals surface area contributed by atoms with Gasteiger partial charge in [0.1, 0.15) is 5.75 Å². The first-order valence-corrected chi connectivity index (χ1v) is 8.79. The molecule has 118 valence electrons. The monoisotopic (exact) mass is 289 g/mol. The molecular weight excluding hydrogens is 258 g/mol. The lowest BCUT2D eigenvalue weighted by molar-refractivity contribution is 0.279. The molecule has 1 aliphatic carbocycles. The number of hydrogen-bond acceptors (Lipinski definition) is 2. The Kier molecular flexibility index (Phi) is 7.66. The summed E-state index contributed by atoms with van der Waals surface area (Å²) in [4.78, 5) is 0. The Morgan fingerprint density at radius 1 is 1.14 bits per heavy atom. The van der Waals surface area contributed by atoms with Crippen LogP contribution in [-0.4, -0.2) is 19.2 Å². The molecule has 1 aromatic rings. The molecule has 1 aliphatic rings. The van der Waals surface area contributed by atoms with Crippen LogP contribution in [0.5, 0.6) is 5.75 Å². The number of rotatable bonds is 8. The Morgan fingerprint density at radius 3 is 2.76 bits per heavy atom. The Labute approximate surface area is 130 Å². The third kappa shape index (κ3) is 6.52. The molecule has 0 aromatic heterocycles. The maximum Gasteiger partial charge on any atom is 0.119 e. The van der Waals surface area contributed by atoms with Gasteiger partial charge in [-0.15, -0.1) is 0 Å². The lowest BCUT2D eigenvalue weighted by Gasteiger charge is -2.21. The largest absolute Gasteiger partial charge is 0.494 e. The molecule has 2 nitrogen and oxygen atoms in total. The van der Waals surface area contributed by atoms with Crippen molar-refractivity contribution >= 4 is 0 Å². The molecule has 0 spiro atoms. The summed E-state index contributed by atoms with van der Waals surface area (Å²) < 4.78 is 5.80. The average Bonchev–Trinajstić information content (AvgIpc) is 2.76. The highest BCUT2D eigenvalue weighted by molar-refractivity contribution is 5.20.